The number of halogens is 1. The number of hydrogen-bond donors (Lipinski definition) is 0. The molecule has 3 heteroatoms. The van der Waals surface area contributed by atoms with E-state index in [0.717, 1.165) is 10.9 Å². The van der Waals surface area contributed by atoms with Gasteiger partial charge in [-0.15, -0.1) is 0 Å². The Morgan fingerprint density at radius 2 is 2.14 bits per heavy atom. The lowest BCUT2D eigenvalue weighted by atomic mass is 10.1. The fourth-order valence-electron chi connectivity index (χ4n) is 1.33. The summed E-state index contributed by atoms with van der Waals surface area (Å²) >= 11 is 5.96. The lowest BCUT2D eigenvalue weighted by Crippen LogP contribution is -1.91. The molecular formula is C11H8ClNO. The van der Waals surface area contributed by atoms with Crippen LogP contribution in [0.15, 0.2) is 30.5 Å². The number of fused-ring (bicyclic) bond motifs is 1. The molecule has 1 aromatic carbocycles. The Hall–Kier alpha value is -1.41. The second kappa shape index (κ2) is 3.39. The first-order valence-corrected chi connectivity index (χ1v) is 4.61. The molecule has 0 spiro atoms. The van der Waals surface area contributed by atoms with E-state index in [9.17, 15) is 4.79 Å². The van der Waals surface area contributed by atoms with Crippen LogP contribution in [0.4, 0.5) is 0 Å². The van der Waals surface area contributed by atoms with Gasteiger partial charge in [0.2, 0.25) is 0 Å². The number of aromatic nitrogens is 1. The third-order valence-electron chi connectivity index (χ3n) is 2.10. The summed E-state index contributed by atoms with van der Waals surface area (Å²) in [6.45, 7) is 1.53. The van der Waals surface area contributed by atoms with Crippen LogP contribution in [-0.4, -0.2) is 10.8 Å². The number of carbonyl (C=O) groups excluding carboxylic acids is 1. The molecule has 2 nitrogen and oxygen atoms in total. The van der Waals surface area contributed by atoms with Gasteiger partial charge in [-0.1, -0.05) is 23.7 Å². The smallest absolute Gasteiger partial charge is 0.159 e. The molecule has 0 saturated heterocycles. The highest BCUT2D eigenvalue weighted by molar-refractivity contribution is 6.35. The van der Waals surface area contributed by atoms with Crippen LogP contribution in [0.3, 0.4) is 0 Å². The maximum absolute atomic E-state index is 11.1. The zero-order chi connectivity index (χ0) is 10.1. The lowest BCUT2D eigenvalue weighted by molar-refractivity contribution is 0.101. The van der Waals surface area contributed by atoms with Crippen LogP contribution in [-0.2, 0) is 0 Å². The molecule has 0 aliphatic rings. The zero-order valence-corrected chi connectivity index (χ0v) is 8.38. The topological polar surface area (TPSA) is 30.0 Å². The summed E-state index contributed by atoms with van der Waals surface area (Å²) in [6.07, 6.45) is 1.63. The van der Waals surface area contributed by atoms with E-state index >= 15 is 0 Å². The first-order valence-electron chi connectivity index (χ1n) is 4.23. The Morgan fingerprint density at radius 3 is 2.86 bits per heavy atom. The third kappa shape index (κ3) is 1.49. The van der Waals surface area contributed by atoms with Gasteiger partial charge in [0.1, 0.15) is 0 Å². The molecule has 0 atom stereocenters. The van der Waals surface area contributed by atoms with Crippen molar-refractivity contribution in [1.82, 2.24) is 4.98 Å². The van der Waals surface area contributed by atoms with Crippen LogP contribution < -0.4 is 0 Å². The van der Waals surface area contributed by atoms with Crippen LogP contribution in [0.1, 0.15) is 17.3 Å². The number of ketones is 1. The van der Waals surface area contributed by atoms with Crippen molar-refractivity contribution < 1.29 is 4.79 Å². The van der Waals surface area contributed by atoms with Crippen LogP contribution in [0.5, 0.6) is 0 Å². The molecule has 0 N–H and O–H groups in total. The monoisotopic (exact) mass is 205 g/mol. The van der Waals surface area contributed by atoms with Crippen molar-refractivity contribution in [3.8, 4) is 0 Å². The standard InChI is InChI=1S/C11H8ClNO/c1-7(14)8-2-3-9-10(12)4-5-13-11(9)6-8/h2-6H,1H3. The number of carbonyl (C=O) groups is 1. The van der Waals surface area contributed by atoms with Crippen molar-refractivity contribution in [3.63, 3.8) is 0 Å². The van der Waals surface area contributed by atoms with E-state index in [1.54, 1.807) is 24.4 Å². The van der Waals surface area contributed by atoms with Crippen molar-refractivity contribution >= 4 is 28.3 Å². The van der Waals surface area contributed by atoms with Gasteiger partial charge in [0, 0.05) is 17.1 Å². The van der Waals surface area contributed by atoms with Gasteiger partial charge in [-0.05, 0) is 19.1 Å². The second-order valence-electron chi connectivity index (χ2n) is 3.08. The molecule has 0 unspecified atom stereocenters. The fraction of sp³-hybridized carbons (Fsp3) is 0.0909. The molecule has 0 aliphatic carbocycles. The van der Waals surface area contributed by atoms with Crippen molar-refractivity contribution in [3.05, 3.63) is 41.0 Å². The Balaban J connectivity index is 2.73. The Kier molecular flexibility index (Phi) is 2.22. The van der Waals surface area contributed by atoms with E-state index in [1.165, 1.54) is 6.92 Å². The number of rotatable bonds is 1. The van der Waals surface area contributed by atoms with Crippen molar-refractivity contribution in [2.75, 3.05) is 0 Å². The molecule has 70 valence electrons. The number of Topliss-reactive ketones (excluding diaryl/α,β-unsaturated/α-hetero) is 1. The molecule has 2 rings (SSSR count). The minimum Gasteiger partial charge on any atom is -0.295 e. The lowest BCUT2D eigenvalue weighted by Gasteiger charge is -2.00. The predicted molar refractivity (Wildman–Crippen MR) is 56.8 cm³/mol. The maximum Gasteiger partial charge on any atom is 0.159 e. The maximum atomic E-state index is 11.1. The molecule has 0 amide bonds. The second-order valence-corrected chi connectivity index (χ2v) is 3.49. The van der Waals surface area contributed by atoms with Gasteiger partial charge >= 0.3 is 0 Å². The highest BCUT2D eigenvalue weighted by Gasteiger charge is 2.03. The summed E-state index contributed by atoms with van der Waals surface area (Å²) in [7, 11) is 0. The highest BCUT2D eigenvalue weighted by Crippen LogP contribution is 2.22. The first kappa shape index (κ1) is 9.16. The van der Waals surface area contributed by atoms with Gasteiger partial charge in [-0.25, -0.2) is 0 Å². The van der Waals surface area contributed by atoms with Gasteiger partial charge in [-0.2, -0.15) is 0 Å². The Labute approximate surface area is 86.5 Å². The minimum atomic E-state index is 0.0358. The van der Waals surface area contributed by atoms with Crippen LogP contribution in [0, 0.1) is 0 Å². The normalized spacial score (nSPS) is 10.4. The summed E-state index contributed by atoms with van der Waals surface area (Å²) in [4.78, 5) is 15.3. The van der Waals surface area contributed by atoms with Crippen molar-refractivity contribution in [2.24, 2.45) is 0 Å². The van der Waals surface area contributed by atoms with E-state index in [2.05, 4.69) is 4.98 Å². The predicted octanol–water partition coefficient (Wildman–Crippen LogP) is 3.09. The van der Waals surface area contributed by atoms with Gasteiger partial charge in [0.05, 0.1) is 10.5 Å². The third-order valence-corrected chi connectivity index (χ3v) is 2.43. The van der Waals surface area contributed by atoms with Crippen molar-refractivity contribution in [2.45, 2.75) is 6.92 Å². The summed E-state index contributed by atoms with van der Waals surface area (Å²) in [5.74, 6) is 0.0358. The highest BCUT2D eigenvalue weighted by atomic mass is 35.5. The zero-order valence-electron chi connectivity index (χ0n) is 7.62. The summed E-state index contributed by atoms with van der Waals surface area (Å²) in [5, 5.41) is 1.53. The number of hydrogen-bond acceptors (Lipinski definition) is 2. The summed E-state index contributed by atoms with van der Waals surface area (Å²) in [5.41, 5.74) is 1.41. The Morgan fingerprint density at radius 1 is 1.36 bits per heavy atom. The molecule has 0 fully saturated rings. The summed E-state index contributed by atoms with van der Waals surface area (Å²) < 4.78 is 0. The van der Waals surface area contributed by atoms with E-state index < -0.39 is 0 Å². The molecule has 2 aromatic rings. The molecule has 1 aromatic heterocycles. The molecule has 0 bridgehead atoms. The van der Waals surface area contributed by atoms with E-state index in [0.29, 0.717) is 10.6 Å². The molecule has 0 saturated carbocycles. The average molecular weight is 206 g/mol. The minimum absolute atomic E-state index is 0.0358. The van der Waals surface area contributed by atoms with Crippen LogP contribution in [0.25, 0.3) is 10.9 Å². The largest absolute Gasteiger partial charge is 0.295 e. The first-order chi connectivity index (χ1) is 6.68. The quantitative estimate of drug-likeness (QED) is 0.670. The van der Waals surface area contributed by atoms with Crippen molar-refractivity contribution in [1.29, 1.82) is 0 Å². The van der Waals surface area contributed by atoms with Gasteiger partial charge in [-0.3, -0.25) is 9.78 Å². The summed E-state index contributed by atoms with van der Waals surface area (Å²) in [6, 6.07) is 7.07. The molecular weight excluding hydrogens is 198 g/mol. The van der Waals surface area contributed by atoms with Crippen LogP contribution in [0.2, 0.25) is 5.02 Å². The van der Waals surface area contributed by atoms with Gasteiger partial charge < -0.3 is 0 Å². The molecule has 0 radical (unpaired) electrons. The van der Waals surface area contributed by atoms with E-state index in [4.69, 9.17) is 11.6 Å². The SMILES string of the molecule is CC(=O)c1ccc2c(Cl)ccnc2c1. The van der Waals surface area contributed by atoms with E-state index in [-0.39, 0.29) is 5.78 Å². The molecule has 14 heavy (non-hydrogen) atoms. The molecule has 0 aliphatic heterocycles. The number of benzene rings is 1. The number of nitrogens with zero attached hydrogens (tertiary/aromatic N) is 1. The molecule has 1 heterocycles. The fourth-order valence-corrected chi connectivity index (χ4v) is 1.55. The Bertz CT molecular complexity index is 508. The average Bonchev–Trinajstić information content (AvgIpc) is 2.17. The number of pyridine rings is 1. The van der Waals surface area contributed by atoms with Crippen LogP contribution >= 0.6 is 11.6 Å². The van der Waals surface area contributed by atoms with E-state index in [1.807, 2.05) is 6.07 Å². The van der Waals surface area contributed by atoms with Gasteiger partial charge in [0.25, 0.3) is 0 Å². The van der Waals surface area contributed by atoms with Gasteiger partial charge in [0.15, 0.2) is 5.78 Å².